The Morgan fingerprint density at radius 3 is 3.11 bits per heavy atom. The van der Waals surface area contributed by atoms with E-state index in [2.05, 4.69) is 31.0 Å². The molecular weight excluding hydrogens is 352 g/mol. The minimum Gasteiger partial charge on any atom is -0.469 e. The number of hydrogen-bond donors (Lipinski definition) is 1. The molecule has 2 aromatic rings. The van der Waals surface area contributed by atoms with E-state index in [1.165, 1.54) is 18.4 Å². The molecule has 0 aliphatic heterocycles. The van der Waals surface area contributed by atoms with Crippen molar-refractivity contribution in [3.63, 3.8) is 0 Å². The summed E-state index contributed by atoms with van der Waals surface area (Å²) in [4.78, 5) is 15.5. The molecule has 0 saturated heterocycles. The number of aromatic nitrogens is 1. The molecule has 7 heteroatoms. The third-order valence-electron chi connectivity index (χ3n) is 2.30. The monoisotopic (exact) mass is 360 g/mol. The quantitative estimate of drug-likeness (QED) is 0.836. The molecular formula is C12H10BrClN2O2S. The second-order valence-corrected chi connectivity index (χ2v) is 5.68. The van der Waals surface area contributed by atoms with E-state index in [1.54, 1.807) is 6.07 Å². The molecule has 1 aromatic carbocycles. The van der Waals surface area contributed by atoms with Crippen molar-refractivity contribution in [2.45, 2.75) is 6.42 Å². The topological polar surface area (TPSA) is 51.2 Å². The molecule has 19 heavy (non-hydrogen) atoms. The lowest BCUT2D eigenvalue weighted by Crippen LogP contribution is -2.04. The highest BCUT2D eigenvalue weighted by Crippen LogP contribution is 2.32. The molecule has 0 saturated carbocycles. The molecule has 4 nitrogen and oxygen atoms in total. The molecule has 1 aromatic heterocycles. The van der Waals surface area contributed by atoms with Crippen molar-refractivity contribution in [2.24, 2.45) is 0 Å². The van der Waals surface area contributed by atoms with E-state index in [0.29, 0.717) is 15.8 Å². The summed E-state index contributed by atoms with van der Waals surface area (Å²) in [5.41, 5.74) is 1.50. The van der Waals surface area contributed by atoms with Gasteiger partial charge in [-0.25, -0.2) is 4.98 Å². The minimum atomic E-state index is -0.305. The van der Waals surface area contributed by atoms with Crippen molar-refractivity contribution in [1.29, 1.82) is 0 Å². The number of carbonyl (C=O) groups is 1. The highest BCUT2D eigenvalue weighted by Gasteiger charge is 2.09. The van der Waals surface area contributed by atoms with Gasteiger partial charge in [-0.15, -0.1) is 11.3 Å². The van der Waals surface area contributed by atoms with Gasteiger partial charge in [0.2, 0.25) is 0 Å². The smallest absolute Gasteiger partial charge is 0.311 e. The van der Waals surface area contributed by atoms with Crippen LogP contribution in [0.3, 0.4) is 0 Å². The van der Waals surface area contributed by atoms with Crippen LogP contribution in [0, 0.1) is 0 Å². The first-order chi connectivity index (χ1) is 9.10. The van der Waals surface area contributed by atoms with Gasteiger partial charge in [-0.3, -0.25) is 4.79 Å². The molecule has 0 aliphatic carbocycles. The predicted octanol–water partition coefficient (Wildman–Crippen LogP) is 4.02. The van der Waals surface area contributed by atoms with Crippen LogP contribution in [0.1, 0.15) is 5.69 Å². The van der Waals surface area contributed by atoms with Crippen molar-refractivity contribution in [3.05, 3.63) is 38.8 Å². The van der Waals surface area contributed by atoms with E-state index in [1.807, 2.05) is 17.5 Å². The fraction of sp³-hybridized carbons (Fsp3) is 0.167. The molecule has 2 rings (SSSR count). The number of esters is 1. The Kier molecular flexibility index (Phi) is 4.79. The zero-order valence-corrected chi connectivity index (χ0v) is 13.1. The second kappa shape index (κ2) is 6.36. The Morgan fingerprint density at radius 1 is 1.58 bits per heavy atom. The van der Waals surface area contributed by atoms with Crippen LogP contribution in [0.5, 0.6) is 0 Å². The minimum absolute atomic E-state index is 0.172. The van der Waals surface area contributed by atoms with Crippen molar-refractivity contribution < 1.29 is 9.53 Å². The summed E-state index contributed by atoms with van der Waals surface area (Å²) >= 11 is 10.8. The number of halogens is 2. The number of hydrogen-bond acceptors (Lipinski definition) is 5. The number of nitrogens with zero attached hydrogens (tertiary/aromatic N) is 1. The van der Waals surface area contributed by atoms with Gasteiger partial charge in [-0.2, -0.15) is 0 Å². The number of nitrogens with one attached hydrogen (secondary N) is 1. The maximum absolute atomic E-state index is 11.1. The standard InChI is InChI=1S/C12H10BrClN2O2S/c1-18-10(17)5-7-6-19-12(15-7)16-9-4-2-3-8(14)11(9)13/h2-4,6H,5H2,1H3,(H,15,16). The normalized spacial score (nSPS) is 10.3. The maximum Gasteiger partial charge on any atom is 0.311 e. The van der Waals surface area contributed by atoms with E-state index in [4.69, 9.17) is 11.6 Å². The van der Waals surface area contributed by atoms with Crippen molar-refractivity contribution in [1.82, 2.24) is 4.98 Å². The number of rotatable bonds is 4. The van der Waals surface area contributed by atoms with E-state index >= 15 is 0 Å². The van der Waals surface area contributed by atoms with Gasteiger partial charge in [-0.05, 0) is 28.1 Å². The van der Waals surface area contributed by atoms with Crippen molar-refractivity contribution >= 4 is 55.7 Å². The maximum atomic E-state index is 11.1. The Bertz CT molecular complexity index is 603. The average molecular weight is 362 g/mol. The molecule has 0 radical (unpaired) electrons. The summed E-state index contributed by atoms with van der Waals surface area (Å²) < 4.78 is 5.38. The summed E-state index contributed by atoms with van der Waals surface area (Å²) in [6.45, 7) is 0. The third-order valence-corrected chi connectivity index (χ3v) is 4.50. The van der Waals surface area contributed by atoms with Gasteiger partial charge in [0, 0.05) is 5.38 Å². The molecule has 0 unspecified atom stereocenters. The summed E-state index contributed by atoms with van der Waals surface area (Å²) in [7, 11) is 1.36. The van der Waals surface area contributed by atoms with Gasteiger partial charge in [-0.1, -0.05) is 17.7 Å². The van der Waals surface area contributed by atoms with Crippen LogP contribution >= 0.6 is 38.9 Å². The Balaban J connectivity index is 2.11. The lowest BCUT2D eigenvalue weighted by Gasteiger charge is -2.06. The van der Waals surface area contributed by atoms with Gasteiger partial charge in [0.05, 0.1) is 34.4 Å². The molecule has 0 fully saturated rings. The second-order valence-electron chi connectivity index (χ2n) is 3.62. The van der Waals surface area contributed by atoms with Crippen LogP contribution in [-0.4, -0.2) is 18.1 Å². The molecule has 0 spiro atoms. The molecule has 1 N–H and O–H groups in total. The van der Waals surface area contributed by atoms with Crippen molar-refractivity contribution in [2.75, 3.05) is 12.4 Å². The number of methoxy groups -OCH3 is 1. The van der Waals surface area contributed by atoms with Crippen molar-refractivity contribution in [3.8, 4) is 0 Å². The first-order valence-corrected chi connectivity index (χ1v) is 7.37. The molecule has 0 aliphatic rings. The first kappa shape index (κ1) is 14.3. The van der Waals surface area contributed by atoms with Gasteiger partial charge in [0.25, 0.3) is 0 Å². The largest absolute Gasteiger partial charge is 0.469 e. The molecule has 0 bridgehead atoms. The van der Waals surface area contributed by atoms with Gasteiger partial charge in [0.15, 0.2) is 5.13 Å². The number of benzene rings is 1. The highest BCUT2D eigenvalue weighted by molar-refractivity contribution is 9.10. The number of carbonyl (C=O) groups excluding carboxylic acids is 1. The lowest BCUT2D eigenvalue weighted by atomic mass is 10.3. The summed E-state index contributed by atoms with van der Waals surface area (Å²) in [6, 6.07) is 5.52. The van der Waals surface area contributed by atoms with Crippen LogP contribution in [0.15, 0.2) is 28.1 Å². The summed E-state index contributed by atoms with van der Waals surface area (Å²) in [5, 5.41) is 6.28. The van der Waals surface area contributed by atoms with Crippen LogP contribution < -0.4 is 5.32 Å². The van der Waals surface area contributed by atoms with Crippen LogP contribution in [0.4, 0.5) is 10.8 Å². The van der Waals surface area contributed by atoms with E-state index in [9.17, 15) is 4.79 Å². The SMILES string of the molecule is COC(=O)Cc1csc(Nc2cccc(Cl)c2Br)n1. The van der Waals surface area contributed by atoms with Gasteiger partial charge in [0.1, 0.15) is 0 Å². The lowest BCUT2D eigenvalue weighted by molar-refractivity contribution is -0.139. The zero-order valence-electron chi connectivity index (χ0n) is 9.94. The average Bonchev–Trinajstić information content (AvgIpc) is 2.82. The Morgan fingerprint density at radius 2 is 2.37 bits per heavy atom. The molecule has 0 amide bonds. The summed E-state index contributed by atoms with van der Waals surface area (Å²) in [5.74, 6) is -0.305. The molecule has 100 valence electrons. The molecule has 1 heterocycles. The van der Waals surface area contributed by atoms with E-state index in [-0.39, 0.29) is 12.4 Å². The van der Waals surface area contributed by atoms with Crippen LogP contribution in [0.25, 0.3) is 0 Å². The van der Waals surface area contributed by atoms with Gasteiger partial charge >= 0.3 is 5.97 Å². The molecule has 0 atom stereocenters. The van der Waals surface area contributed by atoms with E-state index in [0.717, 1.165) is 10.2 Å². The van der Waals surface area contributed by atoms with E-state index < -0.39 is 0 Å². The van der Waals surface area contributed by atoms with Gasteiger partial charge < -0.3 is 10.1 Å². The number of anilines is 2. The van der Waals surface area contributed by atoms with Crippen LogP contribution in [0.2, 0.25) is 5.02 Å². The summed E-state index contributed by atoms with van der Waals surface area (Å²) in [6.07, 6.45) is 0.172. The Labute approximate surface area is 127 Å². The zero-order chi connectivity index (χ0) is 13.8. The third kappa shape index (κ3) is 3.68. The number of thiazole rings is 1. The fourth-order valence-electron chi connectivity index (χ4n) is 1.38. The Hall–Kier alpha value is -1.11. The predicted molar refractivity (Wildman–Crippen MR) is 80.3 cm³/mol. The number of ether oxygens (including phenoxy) is 1. The highest BCUT2D eigenvalue weighted by atomic mass is 79.9. The first-order valence-electron chi connectivity index (χ1n) is 5.32. The fourth-order valence-corrected chi connectivity index (χ4v) is 2.64. The van der Waals surface area contributed by atoms with Crippen LogP contribution in [-0.2, 0) is 16.0 Å².